The Labute approximate surface area is 122 Å². The third kappa shape index (κ3) is 2.08. The van der Waals surface area contributed by atoms with Crippen LogP contribution in [0, 0.1) is 0 Å². The fourth-order valence-corrected chi connectivity index (χ4v) is 3.37. The van der Waals surface area contributed by atoms with Gasteiger partial charge in [0.15, 0.2) is 0 Å². The van der Waals surface area contributed by atoms with Crippen LogP contribution in [-0.4, -0.2) is 3.79 Å². The molecule has 1 aromatic carbocycles. The van der Waals surface area contributed by atoms with E-state index in [1.54, 1.807) is 11.5 Å². The fourth-order valence-electron chi connectivity index (χ4n) is 2.29. The maximum Gasteiger partial charge on any atom is 0.212 e. The molecule has 0 radical (unpaired) electrons. The molecule has 0 spiro atoms. The largest absolute Gasteiger partial charge is 0.287 e. The van der Waals surface area contributed by atoms with Crippen LogP contribution in [0.5, 0.6) is 0 Å². The molecule has 0 atom stereocenters. The highest BCUT2D eigenvalue weighted by molar-refractivity contribution is 7.13. The number of fused-ring (bicyclic) bond motifs is 2. The van der Waals surface area contributed by atoms with Gasteiger partial charge in [0.2, 0.25) is 5.43 Å². The smallest absolute Gasteiger partial charge is 0.212 e. The quantitative estimate of drug-likeness (QED) is 0.638. The minimum absolute atomic E-state index is 0.125. The van der Waals surface area contributed by atoms with Crippen LogP contribution in [0.25, 0.3) is 15.6 Å². The van der Waals surface area contributed by atoms with Crippen molar-refractivity contribution in [3.8, 4) is 0 Å². The summed E-state index contributed by atoms with van der Waals surface area (Å²) in [6, 6.07) is 11.8. The Morgan fingerprint density at radius 3 is 2.60 bits per heavy atom. The number of allylic oxidation sites excluding steroid dienone is 2. The lowest BCUT2D eigenvalue weighted by molar-refractivity contribution is 1.03. The Balaban J connectivity index is 2.27. The Morgan fingerprint density at radius 2 is 1.85 bits per heavy atom. The van der Waals surface area contributed by atoms with Gasteiger partial charge in [-0.05, 0) is 45.0 Å². The van der Waals surface area contributed by atoms with Gasteiger partial charge in [-0.2, -0.15) is 0 Å². The van der Waals surface area contributed by atoms with Crippen LogP contribution in [0.4, 0.5) is 0 Å². The lowest BCUT2D eigenvalue weighted by Crippen LogP contribution is -2.05. The van der Waals surface area contributed by atoms with Gasteiger partial charge in [-0.3, -0.25) is 8.58 Å². The first-order valence-electron chi connectivity index (χ1n) is 6.73. The SMILES string of the molecule is CC(C)=C(C)Cc1ccc2c(=O)c3ccccc3sn12. The molecule has 2 aromatic heterocycles. The topological polar surface area (TPSA) is 21.5 Å². The van der Waals surface area contributed by atoms with Crippen molar-refractivity contribution in [1.29, 1.82) is 0 Å². The monoisotopic (exact) mass is 283 g/mol. The molecule has 0 aliphatic heterocycles. The zero-order chi connectivity index (χ0) is 14.3. The first kappa shape index (κ1) is 13.1. The van der Waals surface area contributed by atoms with Gasteiger partial charge in [0, 0.05) is 17.5 Å². The summed E-state index contributed by atoms with van der Waals surface area (Å²) in [6.45, 7) is 6.41. The van der Waals surface area contributed by atoms with Gasteiger partial charge in [0.25, 0.3) is 0 Å². The molecular weight excluding hydrogens is 266 g/mol. The van der Waals surface area contributed by atoms with Gasteiger partial charge < -0.3 is 0 Å². The predicted octanol–water partition coefficient (Wildman–Crippen LogP) is 4.41. The van der Waals surface area contributed by atoms with Crippen molar-refractivity contribution in [1.82, 2.24) is 3.79 Å². The lowest BCUT2D eigenvalue weighted by Gasteiger charge is -2.05. The molecule has 0 saturated carbocycles. The van der Waals surface area contributed by atoms with Gasteiger partial charge >= 0.3 is 0 Å². The van der Waals surface area contributed by atoms with Crippen LogP contribution in [0.15, 0.2) is 52.3 Å². The summed E-state index contributed by atoms with van der Waals surface area (Å²) in [5.41, 5.74) is 4.79. The summed E-state index contributed by atoms with van der Waals surface area (Å²) >= 11 is 1.65. The van der Waals surface area contributed by atoms with Crippen molar-refractivity contribution in [2.45, 2.75) is 27.2 Å². The number of benzene rings is 1. The third-order valence-electron chi connectivity index (χ3n) is 3.77. The lowest BCUT2D eigenvalue weighted by atomic mass is 10.1. The molecule has 0 amide bonds. The Bertz CT molecular complexity index is 879. The average Bonchev–Trinajstić information content (AvgIpc) is 2.82. The molecule has 0 unspecified atom stereocenters. The van der Waals surface area contributed by atoms with Crippen molar-refractivity contribution in [2.24, 2.45) is 0 Å². The van der Waals surface area contributed by atoms with Crippen molar-refractivity contribution in [3.63, 3.8) is 0 Å². The van der Waals surface area contributed by atoms with E-state index in [-0.39, 0.29) is 5.43 Å². The maximum atomic E-state index is 12.5. The molecule has 102 valence electrons. The van der Waals surface area contributed by atoms with E-state index in [1.807, 2.05) is 30.3 Å². The highest BCUT2D eigenvalue weighted by atomic mass is 32.1. The zero-order valence-corrected chi connectivity index (χ0v) is 12.8. The van der Waals surface area contributed by atoms with E-state index in [0.29, 0.717) is 0 Å². The molecule has 0 saturated heterocycles. The molecule has 2 heterocycles. The van der Waals surface area contributed by atoms with E-state index in [1.165, 1.54) is 16.8 Å². The summed E-state index contributed by atoms with van der Waals surface area (Å²) < 4.78 is 3.12. The number of rotatable bonds is 2. The van der Waals surface area contributed by atoms with Gasteiger partial charge in [0.05, 0.1) is 4.70 Å². The normalized spacial score (nSPS) is 11.2. The van der Waals surface area contributed by atoms with Crippen molar-refractivity contribution < 1.29 is 0 Å². The number of nitrogens with zero attached hydrogens (tertiary/aromatic N) is 1. The molecule has 2 nitrogen and oxygen atoms in total. The second kappa shape index (κ2) is 4.91. The number of hydrogen-bond acceptors (Lipinski definition) is 2. The van der Waals surface area contributed by atoms with Crippen LogP contribution in [0.3, 0.4) is 0 Å². The van der Waals surface area contributed by atoms with Gasteiger partial charge in [0.1, 0.15) is 5.52 Å². The van der Waals surface area contributed by atoms with Gasteiger partial charge in [-0.25, -0.2) is 0 Å². The second-order valence-electron chi connectivity index (χ2n) is 5.38. The van der Waals surface area contributed by atoms with E-state index in [9.17, 15) is 4.79 Å². The Hall–Kier alpha value is -1.87. The molecule has 0 aliphatic carbocycles. The molecule has 20 heavy (non-hydrogen) atoms. The zero-order valence-electron chi connectivity index (χ0n) is 11.9. The van der Waals surface area contributed by atoms with E-state index < -0.39 is 0 Å². The van der Waals surface area contributed by atoms with Crippen LogP contribution in [0.1, 0.15) is 26.5 Å². The second-order valence-corrected chi connectivity index (χ2v) is 6.37. The first-order chi connectivity index (χ1) is 9.58. The summed E-state index contributed by atoms with van der Waals surface area (Å²) in [5, 5.41) is 0.814. The van der Waals surface area contributed by atoms with Crippen LogP contribution in [-0.2, 0) is 6.42 Å². The van der Waals surface area contributed by atoms with E-state index in [4.69, 9.17) is 0 Å². The summed E-state index contributed by atoms with van der Waals surface area (Å²) in [7, 11) is 0. The molecule has 3 aromatic rings. The van der Waals surface area contributed by atoms with Crippen LogP contribution >= 0.6 is 11.5 Å². The molecule has 0 bridgehead atoms. The van der Waals surface area contributed by atoms with Crippen molar-refractivity contribution in [2.75, 3.05) is 0 Å². The molecule has 3 heteroatoms. The molecule has 0 N–H and O–H groups in total. The van der Waals surface area contributed by atoms with E-state index in [2.05, 4.69) is 30.6 Å². The van der Waals surface area contributed by atoms with Crippen LogP contribution in [0.2, 0.25) is 0 Å². The molecular formula is C17H17NOS. The molecule has 0 fully saturated rings. The summed E-state index contributed by atoms with van der Waals surface area (Å²) in [5.74, 6) is 0. The number of aromatic nitrogens is 1. The van der Waals surface area contributed by atoms with E-state index >= 15 is 0 Å². The average molecular weight is 283 g/mol. The standard InChI is InChI=1S/C17H17NOS/c1-11(2)12(3)10-13-8-9-15-17(19)14-6-4-5-7-16(14)20-18(13)15/h4-9H,10H2,1-3H3. The highest BCUT2D eigenvalue weighted by Gasteiger charge is 2.09. The molecule has 0 aliphatic rings. The minimum Gasteiger partial charge on any atom is -0.287 e. The first-order valence-corrected chi connectivity index (χ1v) is 7.51. The van der Waals surface area contributed by atoms with Gasteiger partial charge in [-0.1, -0.05) is 34.8 Å². The number of hydrogen-bond donors (Lipinski definition) is 0. The fraction of sp³-hybridized carbons (Fsp3) is 0.235. The van der Waals surface area contributed by atoms with Crippen molar-refractivity contribution >= 4 is 27.1 Å². The Kier molecular flexibility index (Phi) is 3.22. The Morgan fingerprint density at radius 1 is 1.10 bits per heavy atom. The van der Waals surface area contributed by atoms with E-state index in [0.717, 1.165) is 22.0 Å². The summed E-state index contributed by atoms with van der Waals surface area (Å²) in [6.07, 6.45) is 0.894. The van der Waals surface area contributed by atoms with Crippen molar-refractivity contribution in [3.05, 3.63) is 63.5 Å². The summed E-state index contributed by atoms with van der Waals surface area (Å²) in [4.78, 5) is 12.5. The molecule has 3 rings (SSSR count). The predicted molar refractivity (Wildman–Crippen MR) is 86.8 cm³/mol. The van der Waals surface area contributed by atoms with Gasteiger partial charge in [-0.15, -0.1) is 0 Å². The van der Waals surface area contributed by atoms with Crippen LogP contribution < -0.4 is 5.43 Å². The maximum absolute atomic E-state index is 12.5. The minimum atomic E-state index is 0.125. The highest BCUT2D eigenvalue weighted by Crippen LogP contribution is 2.22. The third-order valence-corrected chi connectivity index (χ3v) is 4.93.